The van der Waals surface area contributed by atoms with Crippen molar-refractivity contribution in [1.29, 1.82) is 0 Å². The van der Waals surface area contributed by atoms with Crippen molar-refractivity contribution in [1.82, 2.24) is 0 Å². The van der Waals surface area contributed by atoms with E-state index in [0.29, 0.717) is 12.3 Å². The summed E-state index contributed by atoms with van der Waals surface area (Å²) < 4.78 is 5.46. The largest absolute Gasteiger partial charge is 0.489 e. The minimum absolute atomic E-state index is 0.549. The SMILES string of the molecule is [C-]#[N+]c1ccc(OCC(=C)CC)cc1. The lowest BCUT2D eigenvalue weighted by Gasteiger charge is -2.06. The molecule has 0 spiro atoms. The first kappa shape index (κ1) is 10.3. The second kappa shape index (κ2) is 5.08. The van der Waals surface area contributed by atoms with Crippen LogP contribution in [0.3, 0.4) is 0 Å². The summed E-state index contributed by atoms with van der Waals surface area (Å²) in [5, 5.41) is 0. The molecule has 0 aromatic heterocycles. The van der Waals surface area contributed by atoms with Crippen molar-refractivity contribution in [2.45, 2.75) is 13.3 Å². The number of benzene rings is 1. The van der Waals surface area contributed by atoms with E-state index >= 15 is 0 Å². The fraction of sp³-hybridized carbons (Fsp3) is 0.250. The number of hydrogen-bond acceptors (Lipinski definition) is 1. The third-order valence-corrected chi connectivity index (χ3v) is 1.91. The predicted octanol–water partition coefficient (Wildman–Crippen LogP) is 3.58. The first-order chi connectivity index (χ1) is 6.76. The second-order valence-electron chi connectivity index (χ2n) is 3.00. The average molecular weight is 187 g/mol. The molecule has 0 saturated carbocycles. The average Bonchev–Trinajstić information content (AvgIpc) is 2.26. The summed E-state index contributed by atoms with van der Waals surface area (Å²) in [4.78, 5) is 3.30. The Bertz CT molecular complexity index is 346. The van der Waals surface area contributed by atoms with Crippen molar-refractivity contribution in [2.24, 2.45) is 0 Å². The van der Waals surface area contributed by atoms with Gasteiger partial charge in [0.15, 0.2) is 5.69 Å². The first-order valence-electron chi connectivity index (χ1n) is 4.53. The van der Waals surface area contributed by atoms with Crippen LogP contribution in [0.25, 0.3) is 4.85 Å². The molecule has 0 aliphatic rings. The molecule has 0 aliphatic heterocycles. The van der Waals surface area contributed by atoms with Gasteiger partial charge in [-0.3, -0.25) is 0 Å². The third kappa shape index (κ3) is 2.95. The Morgan fingerprint density at radius 1 is 1.43 bits per heavy atom. The van der Waals surface area contributed by atoms with E-state index in [0.717, 1.165) is 17.7 Å². The van der Waals surface area contributed by atoms with Gasteiger partial charge in [-0.15, -0.1) is 0 Å². The van der Waals surface area contributed by atoms with Crippen molar-refractivity contribution >= 4 is 5.69 Å². The molecule has 0 fully saturated rings. The van der Waals surface area contributed by atoms with Crippen LogP contribution < -0.4 is 4.74 Å². The number of nitrogens with zero attached hydrogens (tertiary/aromatic N) is 1. The summed E-state index contributed by atoms with van der Waals surface area (Å²) in [6, 6.07) is 7.10. The highest BCUT2D eigenvalue weighted by Gasteiger charge is 1.95. The van der Waals surface area contributed by atoms with Gasteiger partial charge in [0.2, 0.25) is 0 Å². The van der Waals surface area contributed by atoms with Gasteiger partial charge in [0.25, 0.3) is 0 Å². The summed E-state index contributed by atoms with van der Waals surface area (Å²) in [5.74, 6) is 0.784. The maximum atomic E-state index is 6.78. The Balaban J connectivity index is 2.53. The van der Waals surface area contributed by atoms with Crippen LogP contribution in [0, 0.1) is 6.57 Å². The molecule has 0 amide bonds. The van der Waals surface area contributed by atoms with Gasteiger partial charge in [-0.25, -0.2) is 4.85 Å². The van der Waals surface area contributed by atoms with E-state index in [4.69, 9.17) is 11.3 Å². The Morgan fingerprint density at radius 2 is 2.07 bits per heavy atom. The molecule has 0 aliphatic carbocycles. The van der Waals surface area contributed by atoms with Crippen molar-refractivity contribution in [2.75, 3.05) is 6.61 Å². The molecular weight excluding hydrogens is 174 g/mol. The number of ether oxygens (including phenoxy) is 1. The molecule has 14 heavy (non-hydrogen) atoms. The van der Waals surface area contributed by atoms with Gasteiger partial charge in [0.1, 0.15) is 12.4 Å². The molecule has 1 aromatic carbocycles. The summed E-state index contributed by atoms with van der Waals surface area (Å²) in [6.45, 7) is 13.2. The van der Waals surface area contributed by atoms with E-state index in [1.165, 1.54) is 0 Å². The maximum absolute atomic E-state index is 6.78. The quantitative estimate of drug-likeness (QED) is 0.519. The van der Waals surface area contributed by atoms with E-state index in [-0.39, 0.29) is 0 Å². The molecule has 0 unspecified atom stereocenters. The Labute approximate surface area is 84.6 Å². The Hall–Kier alpha value is -1.75. The van der Waals surface area contributed by atoms with Crippen molar-refractivity contribution in [3.8, 4) is 5.75 Å². The predicted molar refractivity (Wildman–Crippen MR) is 57.6 cm³/mol. The zero-order valence-corrected chi connectivity index (χ0v) is 8.29. The molecule has 2 nitrogen and oxygen atoms in total. The highest BCUT2D eigenvalue weighted by Crippen LogP contribution is 2.18. The summed E-state index contributed by atoms with van der Waals surface area (Å²) in [5.41, 5.74) is 1.70. The van der Waals surface area contributed by atoms with Crippen LogP contribution >= 0.6 is 0 Å². The van der Waals surface area contributed by atoms with Crippen molar-refractivity contribution in [3.63, 3.8) is 0 Å². The molecule has 0 bridgehead atoms. The van der Waals surface area contributed by atoms with Gasteiger partial charge in [0, 0.05) is 0 Å². The molecule has 0 atom stereocenters. The van der Waals surface area contributed by atoms with E-state index < -0.39 is 0 Å². The van der Waals surface area contributed by atoms with E-state index in [9.17, 15) is 0 Å². The van der Waals surface area contributed by atoms with Crippen LogP contribution in [0.5, 0.6) is 5.75 Å². The molecule has 1 aromatic rings. The summed E-state index contributed by atoms with van der Waals surface area (Å²) in [6.07, 6.45) is 0.931. The van der Waals surface area contributed by atoms with Gasteiger partial charge in [-0.05, 0) is 24.1 Å². The molecule has 2 heteroatoms. The standard InChI is InChI=1S/C12H13NO/c1-4-10(2)9-14-12-7-5-11(13-3)6-8-12/h5-8H,2,4,9H2,1H3. The lowest BCUT2D eigenvalue weighted by atomic mass is 10.2. The van der Waals surface area contributed by atoms with Gasteiger partial charge in [-0.2, -0.15) is 0 Å². The molecule has 1 rings (SSSR count). The maximum Gasteiger partial charge on any atom is 0.187 e. The summed E-state index contributed by atoms with van der Waals surface area (Å²) in [7, 11) is 0. The summed E-state index contributed by atoms with van der Waals surface area (Å²) >= 11 is 0. The highest BCUT2D eigenvalue weighted by atomic mass is 16.5. The van der Waals surface area contributed by atoms with Crippen LogP contribution in [0.15, 0.2) is 36.4 Å². The van der Waals surface area contributed by atoms with Gasteiger partial charge >= 0.3 is 0 Å². The van der Waals surface area contributed by atoms with Crippen LogP contribution in [0.4, 0.5) is 5.69 Å². The fourth-order valence-corrected chi connectivity index (χ4v) is 0.904. The minimum atomic E-state index is 0.549. The fourth-order valence-electron chi connectivity index (χ4n) is 0.904. The Morgan fingerprint density at radius 3 is 2.57 bits per heavy atom. The number of hydrogen-bond donors (Lipinski definition) is 0. The van der Waals surface area contributed by atoms with Gasteiger partial charge in [0.05, 0.1) is 6.57 Å². The molecule has 0 heterocycles. The minimum Gasteiger partial charge on any atom is -0.489 e. The molecule has 72 valence electrons. The molecule has 0 N–H and O–H groups in total. The normalized spacial score (nSPS) is 9.14. The molecular formula is C12H13NO. The van der Waals surface area contributed by atoms with Crippen LogP contribution in [-0.4, -0.2) is 6.61 Å². The monoisotopic (exact) mass is 187 g/mol. The first-order valence-corrected chi connectivity index (χ1v) is 4.53. The topological polar surface area (TPSA) is 13.6 Å². The van der Waals surface area contributed by atoms with E-state index in [2.05, 4.69) is 11.4 Å². The molecule has 0 radical (unpaired) electrons. The third-order valence-electron chi connectivity index (χ3n) is 1.91. The molecule has 0 saturated heterocycles. The van der Waals surface area contributed by atoms with Crippen LogP contribution in [0.1, 0.15) is 13.3 Å². The zero-order chi connectivity index (χ0) is 10.4. The van der Waals surface area contributed by atoms with Gasteiger partial charge < -0.3 is 4.74 Å². The highest BCUT2D eigenvalue weighted by molar-refractivity contribution is 5.46. The lowest BCUT2D eigenvalue weighted by molar-refractivity contribution is 0.349. The smallest absolute Gasteiger partial charge is 0.187 e. The zero-order valence-electron chi connectivity index (χ0n) is 8.29. The Kier molecular flexibility index (Phi) is 3.75. The van der Waals surface area contributed by atoms with E-state index in [1.54, 1.807) is 24.3 Å². The van der Waals surface area contributed by atoms with E-state index in [1.807, 2.05) is 6.92 Å². The van der Waals surface area contributed by atoms with Gasteiger partial charge in [-0.1, -0.05) is 25.6 Å². The van der Waals surface area contributed by atoms with Crippen molar-refractivity contribution < 1.29 is 4.74 Å². The lowest BCUT2D eigenvalue weighted by Crippen LogP contribution is -1.98. The van der Waals surface area contributed by atoms with Crippen LogP contribution in [-0.2, 0) is 0 Å². The van der Waals surface area contributed by atoms with Crippen LogP contribution in [0.2, 0.25) is 0 Å². The van der Waals surface area contributed by atoms with Crippen molar-refractivity contribution in [3.05, 3.63) is 47.8 Å². The number of rotatable bonds is 4. The second-order valence-corrected chi connectivity index (χ2v) is 3.00.